The Labute approximate surface area is 435 Å². The maximum Gasteiger partial charge on any atom is 0.340 e. The van der Waals surface area contributed by atoms with E-state index in [-0.39, 0.29) is 53.0 Å². The second-order valence-electron chi connectivity index (χ2n) is 17.5. The molecule has 0 bridgehead atoms. The molecule has 414 valence electrons. The summed E-state index contributed by atoms with van der Waals surface area (Å²) in [5.41, 5.74) is 3.70. The van der Waals surface area contributed by atoms with Crippen molar-refractivity contribution in [3.63, 3.8) is 0 Å². The maximum absolute atomic E-state index is 13.3. The number of amides is 2. The van der Waals surface area contributed by atoms with E-state index in [1.165, 1.54) is 55.7 Å². The van der Waals surface area contributed by atoms with Gasteiger partial charge >= 0.3 is 26.9 Å². The number of fused-ring (bicyclic) bond motifs is 2. The van der Waals surface area contributed by atoms with E-state index < -0.39 is 135 Å². The summed E-state index contributed by atoms with van der Waals surface area (Å²) in [6.45, 7) is -0.657. The Balaban J connectivity index is 0.915. The predicted octanol–water partition coefficient (Wildman–Crippen LogP) is 0.0517. The predicted molar refractivity (Wildman–Crippen MR) is 266 cm³/mol. The normalized spacial score (nSPS) is 21.4. The van der Waals surface area contributed by atoms with Gasteiger partial charge in [-0.05, 0) is 66.4 Å². The lowest BCUT2D eigenvalue weighted by atomic mass is 9.81. The number of nitrogens with two attached hydrogens (primary N) is 1. The lowest BCUT2D eigenvalue weighted by Crippen LogP contribution is -2.47. The van der Waals surface area contributed by atoms with Crippen LogP contribution in [0.1, 0.15) is 66.8 Å². The molecule has 0 spiro atoms. The number of hydrogen-bond acceptors (Lipinski definition) is 19. The Kier molecular flexibility index (Phi) is 17.1. The van der Waals surface area contributed by atoms with Gasteiger partial charge in [-0.2, -0.15) is 16.8 Å². The highest BCUT2D eigenvalue weighted by atomic mass is 32.2. The molecule has 4 unspecified atom stereocenters. The first kappa shape index (κ1) is 58.0. The van der Waals surface area contributed by atoms with E-state index in [2.05, 4.69) is 20.3 Å². The van der Waals surface area contributed by atoms with Crippen molar-refractivity contribution in [3.05, 3.63) is 134 Å². The number of carboxylic acids is 1. The summed E-state index contributed by atoms with van der Waals surface area (Å²) < 4.78 is 111. The van der Waals surface area contributed by atoms with Gasteiger partial charge in [0, 0.05) is 60.2 Å². The molecule has 3 heterocycles. The molecule has 77 heavy (non-hydrogen) atoms. The number of carboxylic acid groups (broad SMARTS) is 1. The van der Waals surface area contributed by atoms with E-state index >= 15 is 0 Å². The Hall–Kier alpha value is -6.70. The number of nitrogen functional groups attached to an aromatic ring is 1. The SMILES string of the molecule is Cn1c(=O)n([C@@H]2O[C@H](COP(=O)(O)CP(=O)(O)O)C(O)[C@@H]2O)cc/c1=N/OCc1ccc(C(=O)NCCCCNC(=O)c2ccc(C3=C4C=CC(=N)C(S(=O)(=O)O)C4Oc4c3ccc(N)c4S(=O)(=O)O)c(C(=O)O)c2)cc1. The second-order valence-corrected chi connectivity index (χ2v) is 24.4. The van der Waals surface area contributed by atoms with Crippen molar-refractivity contribution in [2.75, 3.05) is 31.3 Å². The zero-order valence-electron chi connectivity index (χ0n) is 39.8. The van der Waals surface area contributed by atoms with E-state index in [4.69, 9.17) is 35.2 Å². The van der Waals surface area contributed by atoms with Crippen LogP contribution in [-0.4, -0.2) is 144 Å². The summed E-state index contributed by atoms with van der Waals surface area (Å²) in [4.78, 5) is 84.2. The summed E-state index contributed by atoms with van der Waals surface area (Å²) in [5.74, 6) is -4.82. The van der Waals surface area contributed by atoms with E-state index in [9.17, 15) is 74.5 Å². The Morgan fingerprint density at radius 2 is 1.51 bits per heavy atom. The highest BCUT2D eigenvalue weighted by molar-refractivity contribution is 7.87. The molecule has 1 fully saturated rings. The zero-order chi connectivity index (χ0) is 56.5. The number of rotatable bonds is 20. The van der Waals surface area contributed by atoms with Crippen LogP contribution in [-0.2, 0) is 57.1 Å². The van der Waals surface area contributed by atoms with Crippen molar-refractivity contribution in [1.82, 2.24) is 19.8 Å². The van der Waals surface area contributed by atoms with E-state index in [0.29, 0.717) is 24.0 Å². The number of benzene rings is 3. The number of aliphatic hydroxyl groups excluding tert-OH is 2. The van der Waals surface area contributed by atoms with Gasteiger partial charge in [0.1, 0.15) is 31.0 Å². The molecule has 2 amide bonds. The number of aliphatic hydroxyl groups is 2. The van der Waals surface area contributed by atoms with Crippen molar-refractivity contribution in [1.29, 1.82) is 5.41 Å². The highest BCUT2D eigenvalue weighted by Crippen LogP contribution is 2.55. The number of anilines is 1. The van der Waals surface area contributed by atoms with Crippen LogP contribution in [0.4, 0.5) is 5.69 Å². The zero-order valence-corrected chi connectivity index (χ0v) is 43.3. The fourth-order valence-electron chi connectivity index (χ4n) is 8.41. The summed E-state index contributed by atoms with van der Waals surface area (Å²) in [6, 6.07) is 13.4. The number of aromatic nitrogens is 2. The molecular weight excluding hydrogens is 1100 g/mol. The van der Waals surface area contributed by atoms with Crippen LogP contribution in [0.2, 0.25) is 0 Å². The van der Waals surface area contributed by atoms with Crippen molar-refractivity contribution in [3.8, 4) is 5.75 Å². The van der Waals surface area contributed by atoms with Gasteiger partial charge in [-0.15, -0.1) is 0 Å². The molecule has 1 aliphatic carbocycles. The molecule has 0 saturated carbocycles. The fraction of sp³-hybridized carbons (Fsp3) is 0.318. The molecule has 13 N–H and O–H groups in total. The van der Waals surface area contributed by atoms with Gasteiger partial charge in [-0.25, -0.2) is 9.59 Å². The largest absolute Gasteiger partial charge is 0.482 e. The third kappa shape index (κ3) is 13.2. The maximum atomic E-state index is 13.3. The molecule has 0 radical (unpaired) electrons. The number of hydrogen-bond donors (Lipinski definition) is 12. The van der Waals surface area contributed by atoms with Gasteiger partial charge in [0.05, 0.1) is 23.6 Å². The molecular formula is C44H49N7O22P2S2. The average Bonchev–Trinajstić information content (AvgIpc) is 3.67. The minimum atomic E-state index is -5.17. The van der Waals surface area contributed by atoms with Gasteiger partial charge in [0.2, 0.25) is 0 Å². The number of ether oxygens (including phenoxy) is 2. The summed E-state index contributed by atoms with van der Waals surface area (Å²) in [5, 5.41) is 46.8. The van der Waals surface area contributed by atoms with Crippen LogP contribution in [0.5, 0.6) is 5.75 Å². The quantitative estimate of drug-likeness (QED) is 0.0183. The molecule has 7 atom stereocenters. The Bertz CT molecular complexity index is 3580. The van der Waals surface area contributed by atoms with Crippen molar-refractivity contribution < 1.29 is 98.3 Å². The number of nitrogens with zero attached hydrogens (tertiary/aromatic N) is 3. The number of allylic oxidation sites excluding steroid dienone is 1. The first-order valence-electron chi connectivity index (χ1n) is 22.5. The van der Waals surface area contributed by atoms with Crippen LogP contribution in [0.25, 0.3) is 5.57 Å². The number of unbranched alkanes of at least 4 members (excludes halogenated alkanes) is 1. The second kappa shape index (κ2) is 22.7. The lowest BCUT2D eigenvalue weighted by molar-refractivity contribution is -0.0530. The molecule has 33 heteroatoms. The summed E-state index contributed by atoms with van der Waals surface area (Å²) in [7, 11) is -18.7. The summed E-state index contributed by atoms with van der Waals surface area (Å²) in [6.07, 6.45) is -4.02. The molecule has 3 aliphatic rings. The van der Waals surface area contributed by atoms with Gasteiger partial charge in [0.25, 0.3) is 32.1 Å². The standard InChI is InChI=1S/C44H49N7O22P2S2/c1-50-32(14-17-51(44(50)58)42-35(53)34(52)31(72-42)20-71-75(62,63)21-74(59,60)61)49-70-19-22-4-6-23(7-5-22)40(54)47-15-2-3-16-48-41(55)24-8-9-25(28(18-24)43(56)57)33-26-10-12-29(45)38(76(64,65)66)36(26)73-37-27(33)11-13-30(46)39(37)77(67,68)69/h4-14,17-18,31,34-36,38,42,45,52-53H,2-3,15-16,19-21,46H2,1H3,(H,47,54)(H,48,55)(H,56,57)(H,62,63)(H2,59,60,61)(H,64,65,66)(H,67,68,69)/b45-29?,49-32-/t31-,34?,35+,36?,38?,42-/m1/s1. The molecule has 1 aromatic heterocycles. The summed E-state index contributed by atoms with van der Waals surface area (Å²) >= 11 is 0. The minimum absolute atomic E-state index is 0.0162. The first-order valence-corrected chi connectivity index (χ1v) is 29.0. The third-order valence-electron chi connectivity index (χ3n) is 12.1. The van der Waals surface area contributed by atoms with Gasteiger partial charge < -0.3 is 70.6 Å². The lowest BCUT2D eigenvalue weighted by Gasteiger charge is -2.36. The van der Waals surface area contributed by atoms with Crippen LogP contribution in [0, 0.1) is 5.41 Å². The molecule has 4 aromatic rings. The molecule has 1 saturated heterocycles. The van der Waals surface area contributed by atoms with Crippen LogP contribution in [0.3, 0.4) is 0 Å². The minimum Gasteiger partial charge on any atom is -0.482 e. The number of aromatic carboxylic acids is 1. The van der Waals surface area contributed by atoms with Crippen molar-refractivity contribution in [2.45, 2.75) is 60.2 Å². The van der Waals surface area contributed by atoms with Gasteiger partial charge in [-0.3, -0.25) is 37.0 Å². The molecule has 7 rings (SSSR count). The van der Waals surface area contributed by atoms with E-state index in [1.807, 2.05) is 0 Å². The van der Waals surface area contributed by atoms with Crippen LogP contribution in [0.15, 0.2) is 99.4 Å². The smallest absolute Gasteiger partial charge is 0.340 e. The van der Waals surface area contributed by atoms with E-state index in [1.54, 1.807) is 12.1 Å². The highest BCUT2D eigenvalue weighted by Gasteiger charge is 2.48. The van der Waals surface area contributed by atoms with Crippen molar-refractivity contribution >= 4 is 70.2 Å². The van der Waals surface area contributed by atoms with Gasteiger partial charge in [-0.1, -0.05) is 29.4 Å². The van der Waals surface area contributed by atoms with E-state index in [0.717, 1.165) is 27.3 Å². The fourth-order valence-corrected chi connectivity index (χ4v) is 12.6. The molecule has 2 aliphatic heterocycles. The number of carbonyl (C=O) groups is 3. The Morgan fingerprint density at radius 3 is 2.12 bits per heavy atom. The first-order chi connectivity index (χ1) is 36.0. The monoisotopic (exact) mass is 1150 g/mol. The Morgan fingerprint density at radius 1 is 0.883 bits per heavy atom. The van der Waals surface area contributed by atoms with Crippen LogP contribution >= 0.6 is 15.2 Å². The van der Waals surface area contributed by atoms with Gasteiger partial charge in [0.15, 0.2) is 33.5 Å². The van der Waals surface area contributed by atoms with Crippen molar-refractivity contribution in [2.24, 2.45) is 12.2 Å². The number of nitrogens with one attached hydrogen (secondary N) is 3. The number of carbonyl (C=O) groups excluding carboxylic acids is 2. The third-order valence-corrected chi connectivity index (χ3v) is 17.6. The molecule has 3 aromatic carbocycles. The average molecular weight is 1150 g/mol. The molecule has 29 nitrogen and oxygen atoms in total. The van der Waals surface area contributed by atoms with Crippen LogP contribution < -0.4 is 32.3 Å². The topological polar surface area (TPSA) is 466 Å².